The Balaban J connectivity index is 1.31. The molecule has 1 spiro atoms. The summed E-state index contributed by atoms with van der Waals surface area (Å²) >= 11 is 0. The van der Waals surface area contributed by atoms with Gasteiger partial charge in [-0.3, -0.25) is 4.79 Å². The van der Waals surface area contributed by atoms with E-state index in [0.717, 1.165) is 58.1 Å². The maximum atomic E-state index is 12.5. The normalized spacial score (nSPS) is 16.8. The summed E-state index contributed by atoms with van der Waals surface area (Å²) in [4.78, 5) is 22.1. The second-order valence-electron chi connectivity index (χ2n) is 9.80. The summed E-state index contributed by atoms with van der Waals surface area (Å²) in [6.07, 6.45) is 7.82. The van der Waals surface area contributed by atoms with Crippen molar-refractivity contribution in [2.45, 2.75) is 36.5 Å². The number of aryl methyl sites for hydroxylation is 1. The third-order valence-corrected chi connectivity index (χ3v) is 8.46. The lowest BCUT2D eigenvalue weighted by Gasteiger charge is -2.36. The maximum absolute atomic E-state index is 12.5. The molecule has 1 saturated carbocycles. The fraction of sp³-hybridized carbons (Fsp3) is 0.207. The van der Waals surface area contributed by atoms with Crippen LogP contribution in [0.25, 0.3) is 10.8 Å². The van der Waals surface area contributed by atoms with Crippen LogP contribution in [0.15, 0.2) is 65.8 Å². The van der Waals surface area contributed by atoms with E-state index in [1.807, 2.05) is 43.3 Å². The molecule has 184 valence electrons. The van der Waals surface area contributed by atoms with Gasteiger partial charge in [-0.2, -0.15) is 0 Å². The number of amides is 1. The van der Waals surface area contributed by atoms with Gasteiger partial charge in [0.25, 0.3) is 0 Å². The maximum Gasteiger partial charge on any atom is 0.235 e. The Hall–Kier alpha value is -4.22. The fourth-order valence-corrected chi connectivity index (χ4v) is 5.78. The average molecular weight is 508 g/mol. The standard InChI is InChI=1S/C29H25N5O2S/c1-18-14-21(37(2,30)36)6-9-24(18)33-27-16-22-20(17-32-27)10-13-31-25(22)8-5-19-4-7-23-26(15-19)34-28(35)29(23)11-3-12-29/h4,6-7,9-10,13-17,30H,3,11-12H2,1-2H3,(H,32,33)(H,34,35). The van der Waals surface area contributed by atoms with Crippen LogP contribution in [0.4, 0.5) is 17.2 Å². The highest BCUT2D eigenvalue weighted by Crippen LogP contribution is 2.51. The van der Waals surface area contributed by atoms with E-state index in [9.17, 15) is 9.00 Å². The lowest BCUT2D eigenvalue weighted by molar-refractivity contribution is -0.123. The predicted octanol–water partition coefficient (Wildman–Crippen LogP) is 5.49. The lowest BCUT2D eigenvalue weighted by Crippen LogP contribution is -2.40. The molecule has 1 aliphatic heterocycles. The topological polar surface area (TPSA) is 108 Å². The van der Waals surface area contributed by atoms with Crippen LogP contribution in [0, 0.1) is 23.5 Å². The Morgan fingerprint density at radius 1 is 1.08 bits per heavy atom. The largest absolute Gasteiger partial charge is 0.340 e. The van der Waals surface area contributed by atoms with Crippen LogP contribution in [0.5, 0.6) is 0 Å². The summed E-state index contributed by atoms with van der Waals surface area (Å²) in [5.74, 6) is 7.15. The highest BCUT2D eigenvalue weighted by Gasteiger charge is 2.50. The fourth-order valence-electron chi connectivity index (χ4n) is 5.06. The van der Waals surface area contributed by atoms with Crippen LogP contribution in [0.3, 0.4) is 0 Å². The molecule has 3 heterocycles. The van der Waals surface area contributed by atoms with Crippen molar-refractivity contribution in [2.75, 3.05) is 16.9 Å². The first-order valence-electron chi connectivity index (χ1n) is 12.1. The van der Waals surface area contributed by atoms with Crippen LogP contribution in [0.2, 0.25) is 0 Å². The number of anilines is 3. The Morgan fingerprint density at radius 2 is 1.92 bits per heavy atom. The average Bonchev–Trinajstić information content (AvgIpc) is 3.14. The molecule has 1 amide bonds. The zero-order chi connectivity index (χ0) is 25.8. The summed E-state index contributed by atoms with van der Waals surface area (Å²) < 4.78 is 19.9. The number of carbonyl (C=O) groups excluding carboxylic acids is 1. The van der Waals surface area contributed by atoms with Gasteiger partial charge in [0.15, 0.2) is 0 Å². The molecule has 2 aromatic carbocycles. The Kier molecular flexibility index (Phi) is 5.28. The minimum atomic E-state index is -2.78. The van der Waals surface area contributed by atoms with Gasteiger partial charge in [0.2, 0.25) is 5.91 Å². The smallest absolute Gasteiger partial charge is 0.235 e. The van der Waals surface area contributed by atoms with Gasteiger partial charge in [-0.1, -0.05) is 18.4 Å². The number of nitrogens with zero attached hydrogens (tertiary/aromatic N) is 2. The number of rotatable bonds is 3. The summed E-state index contributed by atoms with van der Waals surface area (Å²) in [6, 6.07) is 15.1. The van der Waals surface area contributed by atoms with Gasteiger partial charge >= 0.3 is 0 Å². The van der Waals surface area contributed by atoms with Gasteiger partial charge in [0, 0.05) is 51.3 Å². The van der Waals surface area contributed by atoms with E-state index < -0.39 is 9.73 Å². The van der Waals surface area contributed by atoms with E-state index in [1.165, 1.54) is 6.26 Å². The highest BCUT2D eigenvalue weighted by molar-refractivity contribution is 7.91. The molecule has 8 heteroatoms. The Morgan fingerprint density at radius 3 is 2.65 bits per heavy atom. The first-order valence-corrected chi connectivity index (χ1v) is 14.0. The number of benzene rings is 2. The predicted molar refractivity (Wildman–Crippen MR) is 146 cm³/mol. The van der Waals surface area contributed by atoms with E-state index >= 15 is 0 Å². The number of aromatic nitrogens is 2. The van der Waals surface area contributed by atoms with Gasteiger partial charge in [-0.25, -0.2) is 19.0 Å². The summed E-state index contributed by atoms with van der Waals surface area (Å²) in [5, 5.41) is 8.14. The molecule has 2 aromatic heterocycles. The number of nitrogens with one attached hydrogen (secondary N) is 3. The molecule has 0 saturated heterocycles. The lowest BCUT2D eigenvalue weighted by atomic mass is 9.65. The monoisotopic (exact) mass is 507 g/mol. The zero-order valence-corrected chi connectivity index (χ0v) is 21.3. The summed E-state index contributed by atoms with van der Waals surface area (Å²) in [6.45, 7) is 1.91. The van der Waals surface area contributed by atoms with Gasteiger partial charge in [-0.15, -0.1) is 0 Å². The Bertz CT molecular complexity index is 1780. The van der Waals surface area contributed by atoms with Gasteiger partial charge in [0.05, 0.1) is 15.1 Å². The van der Waals surface area contributed by atoms with Crippen LogP contribution >= 0.6 is 0 Å². The third kappa shape index (κ3) is 4.02. The molecule has 1 unspecified atom stereocenters. The Labute approximate surface area is 215 Å². The van der Waals surface area contributed by atoms with Crippen molar-refractivity contribution in [3.8, 4) is 11.8 Å². The molecule has 37 heavy (non-hydrogen) atoms. The molecule has 1 aliphatic carbocycles. The van der Waals surface area contributed by atoms with Crippen molar-refractivity contribution in [3.05, 3.63) is 83.3 Å². The van der Waals surface area contributed by atoms with E-state index in [2.05, 4.69) is 32.4 Å². The number of pyridine rings is 2. The second kappa shape index (κ2) is 8.43. The number of carbonyl (C=O) groups is 1. The molecule has 0 bridgehead atoms. The second-order valence-corrected chi connectivity index (χ2v) is 12.0. The number of hydrogen-bond donors (Lipinski definition) is 3. The SMILES string of the molecule is Cc1cc(S(C)(=N)=O)ccc1Nc1cc2c(C#Cc3ccc4c(c3)NC(=O)C43CCC3)nccc2cn1. The summed E-state index contributed by atoms with van der Waals surface area (Å²) in [5.41, 5.74) is 4.77. The van der Waals surface area contributed by atoms with Crippen molar-refractivity contribution in [2.24, 2.45) is 0 Å². The van der Waals surface area contributed by atoms with Gasteiger partial charge in [-0.05, 0) is 79.3 Å². The van der Waals surface area contributed by atoms with Crippen LogP contribution in [0.1, 0.15) is 41.6 Å². The van der Waals surface area contributed by atoms with Crippen LogP contribution in [-0.4, -0.2) is 26.3 Å². The van der Waals surface area contributed by atoms with Crippen molar-refractivity contribution in [1.29, 1.82) is 4.78 Å². The zero-order valence-electron chi connectivity index (χ0n) is 20.5. The number of fused-ring (bicyclic) bond motifs is 3. The molecule has 1 atom stereocenters. The van der Waals surface area contributed by atoms with E-state index in [0.29, 0.717) is 16.4 Å². The molecule has 3 N–H and O–H groups in total. The van der Waals surface area contributed by atoms with Crippen molar-refractivity contribution in [3.63, 3.8) is 0 Å². The molecule has 0 radical (unpaired) electrons. The van der Waals surface area contributed by atoms with Crippen molar-refractivity contribution < 1.29 is 9.00 Å². The number of hydrogen-bond acceptors (Lipinski definition) is 6. The van der Waals surface area contributed by atoms with Crippen molar-refractivity contribution in [1.82, 2.24) is 9.97 Å². The third-order valence-electron chi connectivity index (χ3n) is 7.31. The van der Waals surface area contributed by atoms with Gasteiger partial charge in [0.1, 0.15) is 11.5 Å². The van der Waals surface area contributed by atoms with E-state index in [1.54, 1.807) is 24.5 Å². The minimum Gasteiger partial charge on any atom is -0.340 e. The molecule has 2 aliphatic rings. The summed E-state index contributed by atoms with van der Waals surface area (Å²) in [7, 11) is -2.78. The molecular formula is C29H25N5O2S. The molecular weight excluding hydrogens is 482 g/mol. The molecule has 6 rings (SSSR count). The minimum absolute atomic E-state index is 0.106. The van der Waals surface area contributed by atoms with E-state index in [4.69, 9.17) is 4.78 Å². The first kappa shape index (κ1) is 23.2. The first-order chi connectivity index (χ1) is 17.7. The van der Waals surface area contributed by atoms with Crippen molar-refractivity contribution >= 4 is 43.6 Å². The van der Waals surface area contributed by atoms with Crippen LogP contribution < -0.4 is 10.6 Å². The molecule has 7 nitrogen and oxygen atoms in total. The highest BCUT2D eigenvalue weighted by atomic mass is 32.2. The molecule has 4 aromatic rings. The van der Waals surface area contributed by atoms with Gasteiger partial charge < -0.3 is 10.6 Å². The quantitative estimate of drug-likeness (QED) is 0.318. The van der Waals surface area contributed by atoms with E-state index in [-0.39, 0.29) is 11.3 Å². The molecule has 1 fully saturated rings. The van der Waals surface area contributed by atoms with Crippen LogP contribution in [-0.2, 0) is 19.9 Å².